The zero-order valence-electron chi connectivity index (χ0n) is 11.9. The van der Waals surface area contributed by atoms with Gasteiger partial charge in [0, 0.05) is 17.1 Å². The van der Waals surface area contributed by atoms with Crippen LogP contribution in [-0.4, -0.2) is 21.0 Å². The van der Waals surface area contributed by atoms with Crippen molar-refractivity contribution in [2.45, 2.75) is 13.3 Å². The van der Waals surface area contributed by atoms with Crippen molar-refractivity contribution in [3.8, 4) is 11.3 Å². The number of carboxylic acid groups (broad SMARTS) is 1. The molecule has 0 aliphatic carbocycles. The van der Waals surface area contributed by atoms with Crippen LogP contribution in [0.25, 0.3) is 22.2 Å². The number of carboxylic acids is 1. The number of aromatic nitrogens is 2. The summed E-state index contributed by atoms with van der Waals surface area (Å²) in [6.45, 7) is 1.90. The van der Waals surface area contributed by atoms with Crippen molar-refractivity contribution in [3.05, 3.63) is 59.7 Å². The lowest BCUT2D eigenvalue weighted by atomic mass is 9.96. The van der Waals surface area contributed by atoms with E-state index in [1.54, 1.807) is 24.4 Å². The summed E-state index contributed by atoms with van der Waals surface area (Å²) in [7, 11) is 0. The van der Waals surface area contributed by atoms with E-state index < -0.39 is 11.8 Å². The number of nitrogens with zero attached hydrogens (tertiary/aromatic N) is 2. The Hall–Kier alpha value is -2.82. The Morgan fingerprint density at radius 3 is 2.73 bits per heavy atom. The number of carbonyl (C=O) groups is 1. The molecule has 0 unspecified atom stereocenters. The maximum absolute atomic E-state index is 13.6. The van der Waals surface area contributed by atoms with Gasteiger partial charge in [-0.3, -0.25) is 9.97 Å². The van der Waals surface area contributed by atoms with Gasteiger partial charge in [0.15, 0.2) is 0 Å². The summed E-state index contributed by atoms with van der Waals surface area (Å²) >= 11 is 0. The molecule has 0 spiro atoms. The van der Waals surface area contributed by atoms with Crippen LogP contribution in [0.1, 0.15) is 23.0 Å². The van der Waals surface area contributed by atoms with Crippen LogP contribution in [0, 0.1) is 5.82 Å². The highest BCUT2D eigenvalue weighted by atomic mass is 19.1. The standard InChI is InChI=1S/C17H13FN2O2/c1-2-12-16(14-5-3-4-8-19-14)15(17(21)22)11-9-10(18)6-7-13(11)20-12/h3-9H,2H2,1H3,(H,21,22). The fourth-order valence-corrected chi connectivity index (χ4v) is 2.55. The topological polar surface area (TPSA) is 63.1 Å². The highest BCUT2D eigenvalue weighted by Gasteiger charge is 2.21. The van der Waals surface area contributed by atoms with Crippen molar-refractivity contribution in [2.75, 3.05) is 0 Å². The van der Waals surface area contributed by atoms with Crippen molar-refractivity contribution in [1.82, 2.24) is 9.97 Å². The smallest absolute Gasteiger partial charge is 0.337 e. The van der Waals surface area contributed by atoms with Gasteiger partial charge in [-0.2, -0.15) is 0 Å². The second-order valence-electron chi connectivity index (χ2n) is 4.84. The van der Waals surface area contributed by atoms with Crippen molar-refractivity contribution in [3.63, 3.8) is 0 Å². The molecule has 0 radical (unpaired) electrons. The molecule has 3 rings (SSSR count). The predicted molar refractivity (Wildman–Crippen MR) is 81.3 cm³/mol. The van der Waals surface area contributed by atoms with E-state index in [9.17, 15) is 14.3 Å². The highest BCUT2D eigenvalue weighted by molar-refractivity contribution is 6.08. The highest BCUT2D eigenvalue weighted by Crippen LogP contribution is 2.31. The molecule has 0 aliphatic rings. The van der Waals surface area contributed by atoms with Crippen LogP contribution in [0.2, 0.25) is 0 Å². The molecular weight excluding hydrogens is 283 g/mol. The van der Waals surface area contributed by atoms with Crippen LogP contribution in [-0.2, 0) is 6.42 Å². The predicted octanol–water partition coefficient (Wildman–Crippen LogP) is 3.70. The Morgan fingerprint density at radius 2 is 2.09 bits per heavy atom. The Kier molecular flexibility index (Phi) is 3.55. The number of aromatic carboxylic acids is 1. The minimum Gasteiger partial charge on any atom is -0.478 e. The van der Waals surface area contributed by atoms with E-state index in [1.165, 1.54) is 18.2 Å². The molecule has 0 saturated heterocycles. The number of hydrogen-bond donors (Lipinski definition) is 1. The first-order chi connectivity index (χ1) is 10.6. The normalized spacial score (nSPS) is 10.8. The van der Waals surface area contributed by atoms with Crippen LogP contribution in [0.15, 0.2) is 42.6 Å². The fourth-order valence-electron chi connectivity index (χ4n) is 2.55. The number of benzene rings is 1. The molecule has 2 aromatic heterocycles. The lowest BCUT2D eigenvalue weighted by molar-refractivity contribution is 0.0699. The molecule has 1 N–H and O–H groups in total. The zero-order valence-corrected chi connectivity index (χ0v) is 11.9. The van der Waals surface area contributed by atoms with E-state index in [1.807, 2.05) is 6.92 Å². The molecule has 0 bridgehead atoms. The molecule has 3 aromatic rings. The van der Waals surface area contributed by atoms with Crippen molar-refractivity contribution in [1.29, 1.82) is 0 Å². The van der Waals surface area contributed by atoms with Gasteiger partial charge in [-0.15, -0.1) is 0 Å². The lowest BCUT2D eigenvalue weighted by Gasteiger charge is -2.13. The Morgan fingerprint density at radius 1 is 1.27 bits per heavy atom. The van der Waals surface area contributed by atoms with Gasteiger partial charge in [0.2, 0.25) is 0 Å². The first kappa shape index (κ1) is 14.1. The molecular formula is C17H13FN2O2. The number of hydrogen-bond acceptors (Lipinski definition) is 3. The summed E-state index contributed by atoms with van der Waals surface area (Å²) in [5.74, 6) is -1.61. The third kappa shape index (κ3) is 2.30. The van der Waals surface area contributed by atoms with Crippen LogP contribution < -0.4 is 0 Å². The molecule has 0 fully saturated rings. The summed E-state index contributed by atoms with van der Waals surface area (Å²) in [5.41, 5.74) is 2.12. The fraction of sp³-hybridized carbons (Fsp3) is 0.118. The van der Waals surface area contributed by atoms with Crippen molar-refractivity contribution >= 4 is 16.9 Å². The average Bonchev–Trinajstić information content (AvgIpc) is 2.53. The van der Waals surface area contributed by atoms with E-state index in [0.29, 0.717) is 28.9 Å². The lowest BCUT2D eigenvalue weighted by Crippen LogP contribution is -2.07. The Bertz CT molecular complexity index is 863. The largest absolute Gasteiger partial charge is 0.478 e. The number of aryl methyl sites for hydroxylation is 1. The van der Waals surface area contributed by atoms with Crippen LogP contribution in [0.4, 0.5) is 4.39 Å². The maximum Gasteiger partial charge on any atom is 0.337 e. The van der Waals surface area contributed by atoms with E-state index in [4.69, 9.17) is 0 Å². The number of rotatable bonds is 3. The van der Waals surface area contributed by atoms with Gasteiger partial charge in [0.25, 0.3) is 0 Å². The molecule has 5 heteroatoms. The average molecular weight is 296 g/mol. The first-order valence-electron chi connectivity index (χ1n) is 6.88. The van der Waals surface area contributed by atoms with E-state index in [0.717, 1.165) is 0 Å². The van der Waals surface area contributed by atoms with Gasteiger partial charge in [0.05, 0.1) is 22.5 Å². The minimum absolute atomic E-state index is 0.0417. The summed E-state index contributed by atoms with van der Waals surface area (Å²) < 4.78 is 13.6. The Balaban J connectivity index is 2.48. The van der Waals surface area contributed by atoms with Gasteiger partial charge < -0.3 is 5.11 Å². The summed E-state index contributed by atoms with van der Waals surface area (Å²) in [6.07, 6.45) is 2.15. The molecule has 1 aromatic carbocycles. The zero-order chi connectivity index (χ0) is 15.7. The van der Waals surface area contributed by atoms with E-state index in [-0.39, 0.29) is 10.9 Å². The summed E-state index contributed by atoms with van der Waals surface area (Å²) in [6, 6.07) is 9.25. The monoisotopic (exact) mass is 296 g/mol. The number of fused-ring (bicyclic) bond motifs is 1. The first-order valence-corrected chi connectivity index (χ1v) is 6.88. The molecule has 0 atom stereocenters. The molecule has 0 saturated carbocycles. The van der Waals surface area contributed by atoms with Crippen molar-refractivity contribution < 1.29 is 14.3 Å². The van der Waals surface area contributed by atoms with Gasteiger partial charge in [0.1, 0.15) is 5.82 Å². The molecule has 2 heterocycles. The maximum atomic E-state index is 13.6. The second kappa shape index (κ2) is 5.52. The second-order valence-corrected chi connectivity index (χ2v) is 4.84. The van der Waals surface area contributed by atoms with E-state index >= 15 is 0 Å². The summed E-state index contributed by atoms with van der Waals surface area (Å²) in [5, 5.41) is 9.94. The third-order valence-electron chi connectivity index (χ3n) is 3.49. The molecule has 22 heavy (non-hydrogen) atoms. The SMILES string of the molecule is CCc1nc2ccc(F)cc2c(C(=O)O)c1-c1ccccn1. The summed E-state index contributed by atoms with van der Waals surface area (Å²) in [4.78, 5) is 20.5. The molecule has 110 valence electrons. The van der Waals surface area contributed by atoms with E-state index in [2.05, 4.69) is 9.97 Å². The van der Waals surface area contributed by atoms with Crippen LogP contribution >= 0.6 is 0 Å². The van der Waals surface area contributed by atoms with Crippen LogP contribution in [0.3, 0.4) is 0 Å². The van der Waals surface area contributed by atoms with Gasteiger partial charge in [-0.05, 0) is 36.8 Å². The number of pyridine rings is 2. The quantitative estimate of drug-likeness (QED) is 0.800. The molecule has 0 aliphatic heterocycles. The van der Waals surface area contributed by atoms with Gasteiger partial charge in [-0.1, -0.05) is 13.0 Å². The van der Waals surface area contributed by atoms with Crippen LogP contribution in [0.5, 0.6) is 0 Å². The third-order valence-corrected chi connectivity index (χ3v) is 3.49. The molecule has 0 amide bonds. The minimum atomic E-state index is -1.12. The van der Waals surface area contributed by atoms with Gasteiger partial charge in [-0.25, -0.2) is 9.18 Å². The van der Waals surface area contributed by atoms with Crippen molar-refractivity contribution in [2.24, 2.45) is 0 Å². The Labute approximate surface area is 126 Å². The molecule has 4 nitrogen and oxygen atoms in total. The number of halogens is 1. The van der Waals surface area contributed by atoms with Gasteiger partial charge >= 0.3 is 5.97 Å².